The molecule has 162 valence electrons. The van der Waals surface area contributed by atoms with E-state index in [-0.39, 0.29) is 28.2 Å². The molecule has 4 aromatic rings. The first kappa shape index (κ1) is 21.1. The molecule has 32 heavy (non-hydrogen) atoms. The molecule has 2 N–H and O–H groups in total. The number of hydrogen-bond acceptors (Lipinski definition) is 7. The second kappa shape index (κ2) is 8.94. The normalized spacial score (nSPS) is 11.0. The molecule has 0 radical (unpaired) electrons. The first-order chi connectivity index (χ1) is 15.4. The Kier molecular flexibility index (Phi) is 5.91. The minimum atomic E-state index is -3.92. The molecular weight excluding hydrogens is 430 g/mol. The van der Waals surface area contributed by atoms with Crippen molar-refractivity contribution in [2.24, 2.45) is 0 Å². The van der Waals surface area contributed by atoms with Crippen molar-refractivity contribution in [3.63, 3.8) is 0 Å². The number of phenolic OH excluding ortho intramolecular Hbond substituents is 1. The summed E-state index contributed by atoms with van der Waals surface area (Å²) >= 11 is 0. The number of phenols is 1. The summed E-state index contributed by atoms with van der Waals surface area (Å²) in [6, 6.07) is 23.1. The monoisotopic (exact) mass is 449 g/mol. The topological polar surface area (TPSA) is 111 Å². The summed E-state index contributed by atoms with van der Waals surface area (Å²) in [5.74, 6) is 0.717. The molecule has 3 aromatic carbocycles. The number of rotatable bonds is 7. The van der Waals surface area contributed by atoms with Crippen molar-refractivity contribution in [3.8, 4) is 34.4 Å². The summed E-state index contributed by atoms with van der Waals surface area (Å²) in [5, 5.41) is 9.89. The number of aromatic hydroxyl groups is 1. The van der Waals surface area contributed by atoms with Gasteiger partial charge in [0.2, 0.25) is 11.8 Å². The van der Waals surface area contributed by atoms with Crippen molar-refractivity contribution in [2.45, 2.75) is 4.90 Å². The summed E-state index contributed by atoms with van der Waals surface area (Å²) in [4.78, 5) is 8.64. The molecule has 0 unspecified atom stereocenters. The molecule has 0 amide bonds. The molecule has 0 fully saturated rings. The first-order valence-electron chi connectivity index (χ1n) is 9.52. The third-order valence-corrected chi connectivity index (χ3v) is 5.77. The SMILES string of the molecule is COc1cc(-c2cc(Oc3ccccc3)nc(NS(=O)(=O)c3ccccc3)n2)ccc1O. The average molecular weight is 449 g/mol. The first-order valence-corrected chi connectivity index (χ1v) is 11.0. The van der Waals surface area contributed by atoms with Crippen LogP contribution in [0.3, 0.4) is 0 Å². The van der Waals surface area contributed by atoms with Gasteiger partial charge in [0.05, 0.1) is 17.7 Å². The number of benzene rings is 3. The second-order valence-corrected chi connectivity index (χ2v) is 8.32. The number of ether oxygens (including phenoxy) is 2. The van der Waals surface area contributed by atoms with E-state index in [1.165, 1.54) is 25.3 Å². The lowest BCUT2D eigenvalue weighted by atomic mass is 10.1. The van der Waals surface area contributed by atoms with Gasteiger partial charge in [-0.1, -0.05) is 36.4 Å². The Bertz CT molecular complexity index is 1330. The fraction of sp³-hybridized carbons (Fsp3) is 0.0435. The van der Waals surface area contributed by atoms with Crippen LogP contribution in [-0.4, -0.2) is 30.6 Å². The maximum Gasteiger partial charge on any atom is 0.264 e. The van der Waals surface area contributed by atoms with Gasteiger partial charge in [0, 0.05) is 11.6 Å². The van der Waals surface area contributed by atoms with E-state index in [1.807, 2.05) is 6.07 Å². The quantitative estimate of drug-likeness (QED) is 0.429. The zero-order chi connectivity index (χ0) is 22.6. The van der Waals surface area contributed by atoms with Gasteiger partial charge in [-0.2, -0.15) is 4.98 Å². The van der Waals surface area contributed by atoms with Gasteiger partial charge in [-0.05, 0) is 42.5 Å². The van der Waals surface area contributed by atoms with Gasteiger partial charge in [0.25, 0.3) is 10.0 Å². The Balaban J connectivity index is 1.77. The van der Waals surface area contributed by atoms with E-state index in [0.717, 1.165) is 0 Å². The zero-order valence-electron chi connectivity index (χ0n) is 17.0. The summed E-state index contributed by atoms with van der Waals surface area (Å²) in [7, 11) is -2.48. The highest BCUT2D eigenvalue weighted by molar-refractivity contribution is 7.92. The Morgan fingerprint density at radius 3 is 2.25 bits per heavy atom. The maximum atomic E-state index is 12.8. The van der Waals surface area contributed by atoms with Crippen LogP contribution in [0.4, 0.5) is 5.95 Å². The fourth-order valence-corrected chi connectivity index (χ4v) is 3.86. The Hall–Kier alpha value is -4.11. The van der Waals surface area contributed by atoms with Crippen LogP contribution in [0.25, 0.3) is 11.3 Å². The van der Waals surface area contributed by atoms with E-state index in [9.17, 15) is 13.5 Å². The molecule has 0 aliphatic carbocycles. The van der Waals surface area contributed by atoms with Crippen LogP contribution in [0, 0.1) is 0 Å². The van der Waals surface area contributed by atoms with E-state index in [4.69, 9.17) is 9.47 Å². The molecule has 0 saturated carbocycles. The molecule has 9 heteroatoms. The van der Waals surface area contributed by atoms with Gasteiger partial charge in [-0.25, -0.2) is 18.1 Å². The molecule has 4 rings (SSSR count). The minimum Gasteiger partial charge on any atom is -0.504 e. The van der Waals surface area contributed by atoms with Crippen LogP contribution in [0.1, 0.15) is 0 Å². The van der Waals surface area contributed by atoms with Crippen LogP contribution in [-0.2, 0) is 10.0 Å². The standard InChI is InChI=1S/C23H19N3O5S/c1-30-21-14-16(12-13-20(21)27)19-15-22(31-17-8-4-2-5-9-17)25-23(24-19)26-32(28,29)18-10-6-3-7-11-18/h2-15,27H,1H3,(H,24,25,26). The van der Waals surface area contributed by atoms with Gasteiger partial charge in [-0.15, -0.1) is 0 Å². The van der Waals surface area contributed by atoms with Crippen molar-refractivity contribution >= 4 is 16.0 Å². The van der Waals surface area contributed by atoms with E-state index in [0.29, 0.717) is 17.0 Å². The van der Waals surface area contributed by atoms with E-state index < -0.39 is 10.0 Å². The zero-order valence-corrected chi connectivity index (χ0v) is 17.8. The number of methoxy groups -OCH3 is 1. The van der Waals surface area contributed by atoms with Crippen LogP contribution in [0.5, 0.6) is 23.1 Å². The third-order valence-electron chi connectivity index (χ3n) is 4.42. The molecule has 8 nitrogen and oxygen atoms in total. The highest BCUT2D eigenvalue weighted by atomic mass is 32.2. The van der Waals surface area contributed by atoms with Gasteiger partial charge >= 0.3 is 0 Å². The van der Waals surface area contributed by atoms with Gasteiger partial charge < -0.3 is 14.6 Å². The summed E-state index contributed by atoms with van der Waals surface area (Å²) in [5.41, 5.74) is 0.940. The molecule has 0 bridgehead atoms. The number of aromatic nitrogens is 2. The third kappa shape index (κ3) is 4.79. The molecule has 0 saturated heterocycles. The van der Waals surface area contributed by atoms with Gasteiger partial charge in [0.1, 0.15) is 5.75 Å². The molecule has 1 heterocycles. The highest BCUT2D eigenvalue weighted by Crippen LogP contribution is 2.33. The van der Waals surface area contributed by atoms with Gasteiger partial charge in [-0.3, -0.25) is 0 Å². The molecule has 0 atom stereocenters. The molecular formula is C23H19N3O5S. The van der Waals surface area contributed by atoms with Crippen LogP contribution in [0.2, 0.25) is 0 Å². The lowest BCUT2D eigenvalue weighted by molar-refractivity contribution is 0.373. The Morgan fingerprint density at radius 2 is 1.56 bits per heavy atom. The largest absolute Gasteiger partial charge is 0.504 e. The number of anilines is 1. The van der Waals surface area contributed by atoms with E-state index >= 15 is 0 Å². The highest BCUT2D eigenvalue weighted by Gasteiger charge is 2.18. The second-order valence-electron chi connectivity index (χ2n) is 6.64. The Labute approximate surface area is 185 Å². The van der Waals surface area contributed by atoms with Crippen molar-refractivity contribution < 1.29 is 23.0 Å². The van der Waals surface area contributed by atoms with Crippen molar-refractivity contribution in [3.05, 3.63) is 84.9 Å². The number of para-hydroxylation sites is 1. The number of nitrogens with zero attached hydrogens (tertiary/aromatic N) is 2. The van der Waals surface area contributed by atoms with Crippen molar-refractivity contribution in [2.75, 3.05) is 11.8 Å². The maximum absolute atomic E-state index is 12.8. The van der Waals surface area contributed by atoms with Crippen molar-refractivity contribution in [1.82, 2.24) is 9.97 Å². The van der Waals surface area contributed by atoms with Crippen LogP contribution < -0.4 is 14.2 Å². The fourth-order valence-electron chi connectivity index (χ4n) is 2.90. The minimum absolute atomic E-state index is 0.0314. The van der Waals surface area contributed by atoms with Crippen LogP contribution >= 0.6 is 0 Å². The molecule has 0 spiro atoms. The predicted molar refractivity (Wildman–Crippen MR) is 119 cm³/mol. The molecule has 1 aromatic heterocycles. The number of hydrogen-bond donors (Lipinski definition) is 2. The molecule has 0 aliphatic heterocycles. The van der Waals surface area contributed by atoms with E-state index in [1.54, 1.807) is 60.7 Å². The lowest BCUT2D eigenvalue weighted by Crippen LogP contribution is -2.15. The lowest BCUT2D eigenvalue weighted by Gasteiger charge is -2.12. The summed E-state index contributed by atoms with van der Waals surface area (Å²) < 4.78 is 38.9. The molecule has 0 aliphatic rings. The summed E-state index contributed by atoms with van der Waals surface area (Å²) in [6.07, 6.45) is 0. The van der Waals surface area contributed by atoms with E-state index in [2.05, 4.69) is 14.7 Å². The summed E-state index contributed by atoms with van der Waals surface area (Å²) in [6.45, 7) is 0. The van der Waals surface area contributed by atoms with Crippen LogP contribution in [0.15, 0.2) is 89.8 Å². The number of sulfonamides is 1. The van der Waals surface area contributed by atoms with Gasteiger partial charge in [0.15, 0.2) is 11.5 Å². The Morgan fingerprint density at radius 1 is 0.875 bits per heavy atom. The smallest absolute Gasteiger partial charge is 0.264 e. The van der Waals surface area contributed by atoms with Crippen molar-refractivity contribution in [1.29, 1.82) is 0 Å². The number of nitrogens with one attached hydrogen (secondary N) is 1. The average Bonchev–Trinajstić information content (AvgIpc) is 2.80. The predicted octanol–water partition coefficient (Wildman–Crippen LogP) is 4.45.